The maximum absolute atomic E-state index is 13.1. The molecule has 1 aromatic carbocycles. The Balaban J connectivity index is 1.31. The van der Waals surface area contributed by atoms with E-state index in [0.717, 1.165) is 31.2 Å². The van der Waals surface area contributed by atoms with Gasteiger partial charge in [0, 0.05) is 37.2 Å². The second-order valence-electron chi connectivity index (χ2n) is 8.15. The van der Waals surface area contributed by atoms with E-state index in [1.165, 1.54) is 19.3 Å². The van der Waals surface area contributed by atoms with Gasteiger partial charge in [-0.15, -0.1) is 0 Å². The summed E-state index contributed by atoms with van der Waals surface area (Å²) >= 11 is 5.99. The molecule has 2 aliphatic carbocycles. The average molecular weight is 390 g/mol. The second-order valence-corrected chi connectivity index (χ2v) is 8.59. The van der Waals surface area contributed by atoms with Crippen LogP contribution >= 0.6 is 11.6 Å². The van der Waals surface area contributed by atoms with Crippen molar-refractivity contribution in [2.24, 2.45) is 0 Å². The molecule has 3 amide bonds. The molecule has 0 spiro atoms. The molecule has 2 saturated carbocycles. The summed E-state index contributed by atoms with van der Waals surface area (Å²) < 4.78 is 0. The van der Waals surface area contributed by atoms with Gasteiger partial charge in [0.25, 0.3) is 0 Å². The van der Waals surface area contributed by atoms with Crippen LogP contribution in [-0.4, -0.2) is 54.0 Å². The summed E-state index contributed by atoms with van der Waals surface area (Å²) in [6.45, 7) is 2.46. The predicted octanol–water partition coefficient (Wildman–Crippen LogP) is 3.56. The summed E-state index contributed by atoms with van der Waals surface area (Å²) in [5, 5.41) is 3.87. The number of nitrogens with zero attached hydrogens (tertiary/aromatic N) is 2. The lowest BCUT2D eigenvalue weighted by Gasteiger charge is -2.37. The minimum absolute atomic E-state index is 0.0350. The summed E-state index contributed by atoms with van der Waals surface area (Å²) in [7, 11) is 0. The van der Waals surface area contributed by atoms with Gasteiger partial charge in [0.1, 0.15) is 0 Å². The molecule has 5 nitrogen and oxygen atoms in total. The molecule has 1 heterocycles. The first-order valence-corrected chi connectivity index (χ1v) is 10.6. The molecule has 146 valence electrons. The highest BCUT2D eigenvalue weighted by Crippen LogP contribution is 2.49. The van der Waals surface area contributed by atoms with Crippen LogP contribution in [-0.2, 0) is 10.2 Å². The minimum atomic E-state index is -0.364. The quantitative estimate of drug-likeness (QED) is 0.859. The molecule has 0 aromatic heterocycles. The van der Waals surface area contributed by atoms with Crippen LogP contribution in [0, 0.1) is 0 Å². The fraction of sp³-hybridized carbons (Fsp3) is 0.619. The van der Waals surface area contributed by atoms with Gasteiger partial charge < -0.3 is 15.1 Å². The molecule has 1 saturated heterocycles. The van der Waals surface area contributed by atoms with Crippen molar-refractivity contribution >= 4 is 23.5 Å². The van der Waals surface area contributed by atoms with Crippen LogP contribution < -0.4 is 5.32 Å². The summed E-state index contributed by atoms with van der Waals surface area (Å²) in [6.07, 6.45) is 7.68. The molecule has 1 aromatic rings. The van der Waals surface area contributed by atoms with Crippen molar-refractivity contribution in [3.8, 4) is 0 Å². The van der Waals surface area contributed by atoms with E-state index in [1.54, 1.807) is 0 Å². The third-order valence-electron chi connectivity index (χ3n) is 6.34. The van der Waals surface area contributed by atoms with E-state index in [9.17, 15) is 9.59 Å². The van der Waals surface area contributed by atoms with Crippen molar-refractivity contribution in [2.75, 3.05) is 26.2 Å². The highest BCUT2D eigenvalue weighted by molar-refractivity contribution is 6.30. The van der Waals surface area contributed by atoms with E-state index in [4.69, 9.17) is 11.6 Å². The number of halogens is 1. The van der Waals surface area contributed by atoms with Gasteiger partial charge in [-0.2, -0.15) is 0 Å². The summed E-state index contributed by atoms with van der Waals surface area (Å²) in [4.78, 5) is 29.4. The molecular weight excluding hydrogens is 362 g/mol. The minimum Gasteiger partial charge on any atom is -0.338 e. The van der Waals surface area contributed by atoms with Crippen LogP contribution in [0.4, 0.5) is 4.79 Å². The van der Waals surface area contributed by atoms with Gasteiger partial charge in [0.2, 0.25) is 5.91 Å². The fourth-order valence-electron chi connectivity index (χ4n) is 4.45. The number of carbonyl (C=O) groups excluding carboxylic acids is 2. The normalized spacial score (nSPS) is 22.4. The zero-order valence-corrected chi connectivity index (χ0v) is 16.5. The molecule has 6 heteroatoms. The second kappa shape index (κ2) is 7.70. The maximum atomic E-state index is 13.1. The number of nitrogens with one attached hydrogen (secondary N) is 1. The molecule has 0 unspecified atom stereocenters. The molecule has 1 N–H and O–H groups in total. The lowest BCUT2D eigenvalue weighted by molar-refractivity contribution is -0.135. The van der Waals surface area contributed by atoms with Crippen LogP contribution in [0.3, 0.4) is 0 Å². The first-order chi connectivity index (χ1) is 13.1. The zero-order valence-electron chi connectivity index (χ0n) is 15.8. The predicted molar refractivity (Wildman–Crippen MR) is 106 cm³/mol. The highest BCUT2D eigenvalue weighted by atomic mass is 35.5. The third kappa shape index (κ3) is 3.93. The number of amides is 3. The molecule has 0 radical (unpaired) electrons. The van der Waals surface area contributed by atoms with Crippen molar-refractivity contribution in [1.29, 1.82) is 0 Å². The molecule has 27 heavy (non-hydrogen) atoms. The van der Waals surface area contributed by atoms with Crippen molar-refractivity contribution in [3.63, 3.8) is 0 Å². The Kier molecular flexibility index (Phi) is 5.31. The van der Waals surface area contributed by atoms with Crippen LogP contribution in [0.15, 0.2) is 24.3 Å². The van der Waals surface area contributed by atoms with Crippen LogP contribution in [0.5, 0.6) is 0 Å². The fourth-order valence-corrected chi connectivity index (χ4v) is 4.57. The Morgan fingerprint density at radius 1 is 0.926 bits per heavy atom. The Labute approximate surface area is 166 Å². The number of rotatable bonds is 3. The number of carbonyl (C=O) groups is 2. The standard InChI is InChI=1S/C21H28ClN3O2/c22-17-8-6-16(7-9-17)21(10-11-21)19(26)24-12-14-25(15-13-24)20(27)23-18-4-2-1-3-5-18/h6-9,18H,1-5,10-15H2,(H,23,27). The maximum Gasteiger partial charge on any atom is 0.317 e. The summed E-state index contributed by atoms with van der Waals surface area (Å²) in [5.41, 5.74) is 0.700. The highest BCUT2D eigenvalue weighted by Gasteiger charge is 2.53. The van der Waals surface area contributed by atoms with Crippen molar-refractivity contribution in [3.05, 3.63) is 34.9 Å². The van der Waals surface area contributed by atoms with E-state index < -0.39 is 0 Å². The average Bonchev–Trinajstić information content (AvgIpc) is 3.51. The van der Waals surface area contributed by atoms with Gasteiger partial charge in [0.05, 0.1) is 5.41 Å². The lowest BCUT2D eigenvalue weighted by atomic mass is 9.94. The van der Waals surface area contributed by atoms with Gasteiger partial charge in [-0.1, -0.05) is 43.0 Å². The van der Waals surface area contributed by atoms with Crippen molar-refractivity contribution in [2.45, 2.75) is 56.4 Å². The summed E-state index contributed by atoms with van der Waals surface area (Å²) in [6, 6.07) is 8.02. The smallest absolute Gasteiger partial charge is 0.317 e. The topological polar surface area (TPSA) is 52.7 Å². The number of piperazine rings is 1. The van der Waals surface area contributed by atoms with Gasteiger partial charge >= 0.3 is 6.03 Å². The molecular formula is C21H28ClN3O2. The number of urea groups is 1. The van der Waals surface area contributed by atoms with Crippen LogP contribution in [0.25, 0.3) is 0 Å². The van der Waals surface area contributed by atoms with E-state index in [-0.39, 0.29) is 17.4 Å². The molecule has 4 rings (SSSR count). The van der Waals surface area contributed by atoms with Gasteiger partial charge in [-0.05, 0) is 43.4 Å². The first kappa shape index (κ1) is 18.6. The van der Waals surface area contributed by atoms with Crippen molar-refractivity contribution < 1.29 is 9.59 Å². The van der Waals surface area contributed by atoms with E-state index in [0.29, 0.717) is 37.2 Å². The lowest BCUT2D eigenvalue weighted by Crippen LogP contribution is -2.56. The monoisotopic (exact) mass is 389 g/mol. The number of hydrogen-bond acceptors (Lipinski definition) is 2. The molecule has 1 aliphatic heterocycles. The van der Waals surface area contributed by atoms with E-state index >= 15 is 0 Å². The molecule has 3 aliphatic rings. The number of benzene rings is 1. The molecule has 0 bridgehead atoms. The van der Waals surface area contributed by atoms with Gasteiger partial charge in [-0.3, -0.25) is 4.79 Å². The largest absolute Gasteiger partial charge is 0.338 e. The van der Waals surface area contributed by atoms with Crippen LogP contribution in [0.1, 0.15) is 50.5 Å². The Morgan fingerprint density at radius 3 is 2.11 bits per heavy atom. The van der Waals surface area contributed by atoms with E-state index in [1.807, 2.05) is 34.1 Å². The first-order valence-electron chi connectivity index (χ1n) is 10.2. The molecule has 0 atom stereocenters. The Bertz CT molecular complexity index is 688. The zero-order chi connectivity index (χ0) is 18.9. The van der Waals surface area contributed by atoms with Crippen molar-refractivity contribution in [1.82, 2.24) is 15.1 Å². The van der Waals surface area contributed by atoms with Crippen LogP contribution in [0.2, 0.25) is 5.02 Å². The third-order valence-corrected chi connectivity index (χ3v) is 6.60. The van der Waals surface area contributed by atoms with Gasteiger partial charge in [-0.25, -0.2) is 4.79 Å². The summed E-state index contributed by atoms with van der Waals surface area (Å²) in [5.74, 6) is 0.206. The number of hydrogen-bond donors (Lipinski definition) is 1. The SMILES string of the molecule is O=C(NC1CCCCC1)N1CCN(C(=O)C2(c3ccc(Cl)cc3)CC2)CC1. The Hall–Kier alpha value is -1.75. The van der Waals surface area contributed by atoms with E-state index in [2.05, 4.69) is 5.32 Å². The molecule has 3 fully saturated rings. The van der Waals surface area contributed by atoms with Gasteiger partial charge in [0.15, 0.2) is 0 Å². The Morgan fingerprint density at radius 2 is 1.52 bits per heavy atom.